The van der Waals surface area contributed by atoms with Crippen molar-refractivity contribution in [2.45, 2.75) is 23.5 Å². The van der Waals surface area contributed by atoms with Crippen LogP contribution in [-0.4, -0.2) is 37.2 Å². The highest BCUT2D eigenvalue weighted by Crippen LogP contribution is 2.27. The van der Waals surface area contributed by atoms with Crippen molar-refractivity contribution >= 4 is 33.0 Å². The number of hydrogen-bond donors (Lipinski definition) is 0. The zero-order valence-corrected chi connectivity index (χ0v) is 15.9. The molecule has 0 unspecified atom stereocenters. The summed E-state index contributed by atoms with van der Waals surface area (Å²) in [4.78, 5) is 24.9. The van der Waals surface area contributed by atoms with E-state index in [0.717, 1.165) is 12.8 Å². The predicted molar refractivity (Wildman–Crippen MR) is 101 cm³/mol. The van der Waals surface area contributed by atoms with E-state index in [1.165, 1.54) is 42.5 Å². The van der Waals surface area contributed by atoms with E-state index >= 15 is 0 Å². The molecule has 0 aliphatic carbocycles. The average molecular weight is 409 g/mol. The van der Waals surface area contributed by atoms with E-state index in [0.29, 0.717) is 18.1 Å². The lowest BCUT2D eigenvalue weighted by Gasteiger charge is -2.16. The van der Waals surface area contributed by atoms with Crippen LogP contribution >= 0.6 is 11.6 Å². The van der Waals surface area contributed by atoms with Crippen molar-refractivity contribution < 1.29 is 18.1 Å². The Bertz CT molecular complexity index is 983. The predicted octanol–water partition coefficient (Wildman–Crippen LogP) is 3.46. The van der Waals surface area contributed by atoms with Gasteiger partial charge < -0.3 is 4.90 Å². The smallest absolute Gasteiger partial charge is 0.273 e. The molecule has 142 valence electrons. The van der Waals surface area contributed by atoms with Crippen molar-refractivity contribution in [3.05, 3.63) is 68.7 Å². The number of sulfone groups is 1. The summed E-state index contributed by atoms with van der Waals surface area (Å²) >= 11 is 5.78. The molecule has 1 aliphatic heterocycles. The first-order valence-corrected chi connectivity index (χ1v) is 10.4. The van der Waals surface area contributed by atoms with Crippen LogP contribution < -0.4 is 0 Å². The van der Waals surface area contributed by atoms with Gasteiger partial charge >= 0.3 is 0 Å². The lowest BCUT2D eigenvalue weighted by atomic mass is 10.1. The number of rotatable bonds is 5. The summed E-state index contributed by atoms with van der Waals surface area (Å²) in [6.45, 7) is 1.27. The minimum atomic E-state index is -3.84. The first-order valence-electron chi connectivity index (χ1n) is 8.33. The second-order valence-electron chi connectivity index (χ2n) is 6.31. The molecule has 0 N–H and O–H groups in total. The van der Waals surface area contributed by atoms with E-state index in [4.69, 9.17) is 11.6 Å². The van der Waals surface area contributed by atoms with E-state index in [2.05, 4.69) is 0 Å². The normalized spacial score (nSPS) is 14.3. The summed E-state index contributed by atoms with van der Waals surface area (Å²) in [6, 6.07) is 9.46. The highest BCUT2D eigenvalue weighted by molar-refractivity contribution is 7.90. The molecule has 1 heterocycles. The molecule has 7 nitrogen and oxygen atoms in total. The molecule has 0 atom stereocenters. The maximum atomic E-state index is 12.7. The Balaban J connectivity index is 1.96. The molecule has 0 radical (unpaired) electrons. The van der Waals surface area contributed by atoms with E-state index < -0.39 is 20.5 Å². The molecular formula is C18H17ClN2O5S. The summed E-state index contributed by atoms with van der Waals surface area (Å²) in [5, 5.41) is 11.7. The van der Waals surface area contributed by atoms with Crippen molar-refractivity contribution in [1.29, 1.82) is 0 Å². The molecule has 3 rings (SSSR count). The monoisotopic (exact) mass is 408 g/mol. The first kappa shape index (κ1) is 19.3. The second-order valence-corrected chi connectivity index (χ2v) is 8.74. The number of likely N-dealkylation sites (tertiary alicyclic amines) is 1. The van der Waals surface area contributed by atoms with Crippen LogP contribution in [-0.2, 0) is 15.6 Å². The molecule has 9 heteroatoms. The van der Waals surface area contributed by atoms with Gasteiger partial charge in [0.15, 0.2) is 9.84 Å². The lowest BCUT2D eigenvalue weighted by Crippen LogP contribution is -2.27. The molecule has 1 aliphatic rings. The van der Waals surface area contributed by atoms with Crippen molar-refractivity contribution in [3.8, 4) is 0 Å². The number of carbonyl (C=O) groups excluding carboxylic acids is 1. The van der Waals surface area contributed by atoms with Crippen molar-refractivity contribution in [1.82, 2.24) is 4.90 Å². The van der Waals surface area contributed by atoms with Crippen LogP contribution in [0.2, 0.25) is 5.02 Å². The Labute approximate surface area is 161 Å². The third-order valence-electron chi connectivity index (χ3n) is 4.43. The molecular weight excluding hydrogens is 392 g/mol. The van der Waals surface area contributed by atoms with Gasteiger partial charge in [0.2, 0.25) is 0 Å². The maximum Gasteiger partial charge on any atom is 0.273 e. The van der Waals surface area contributed by atoms with Crippen molar-refractivity contribution in [3.63, 3.8) is 0 Å². The summed E-state index contributed by atoms with van der Waals surface area (Å²) < 4.78 is 25.3. The molecule has 1 saturated heterocycles. The largest absolute Gasteiger partial charge is 0.339 e. The third-order valence-corrected chi connectivity index (χ3v) is 6.37. The van der Waals surface area contributed by atoms with Crippen LogP contribution in [0.15, 0.2) is 47.4 Å². The van der Waals surface area contributed by atoms with Crippen LogP contribution in [0.25, 0.3) is 0 Å². The number of hydrogen-bond acceptors (Lipinski definition) is 5. The third kappa shape index (κ3) is 4.28. The summed E-state index contributed by atoms with van der Waals surface area (Å²) in [7, 11) is -3.84. The van der Waals surface area contributed by atoms with Gasteiger partial charge in [0.25, 0.3) is 11.6 Å². The van der Waals surface area contributed by atoms with E-state index in [9.17, 15) is 23.3 Å². The number of amides is 1. The van der Waals surface area contributed by atoms with Gasteiger partial charge in [0.1, 0.15) is 0 Å². The van der Waals surface area contributed by atoms with Gasteiger partial charge in [-0.25, -0.2) is 8.42 Å². The molecule has 1 fully saturated rings. The molecule has 0 bridgehead atoms. The van der Waals surface area contributed by atoms with Crippen LogP contribution in [0.3, 0.4) is 0 Å². The molecule has 2 aromatic carbocycles. The number of benzene rings is 2. The molecule has 0 saturated carbocycles. The van der Waals surface area contributed by atoms with Gasteiger partial charge in [0, 0.05) is 35.3 Å². The number of halogens is 1. The molecule has 27 heavy (non-hydrogen) atoms. The van der Waals surface area contributed by atoms with Crippen molar-refractivity contribution in [2.24, 2.45) is 0 Å². The standard InChI is InChI=1S/C18H17ClN2O5S/c19-15-4-6-16(7-5-15)27(25,26)12-14-11-13(3-8-17(14)21(23)24)18(22)20-9-1-2-10-20/h3-8,11H,1-2,9-10,12H2. The van der Waals surface area contributed by atoms with Gasteiger partial charge in [-0.3, -0.25) is 14.9 Å². The Morgan fingerprint density at radius 1 is 1.11 bits per heavy atom. The molecule has 1 amide bonds. The summed E-state index contributed by atoms with van der Waals surface area (Å²) in [5.41, 5.74) is -0.0886. The lowest BCUT2D eigenvalue weighted by molar-refractivity contribution is -0.385. The molecule has 2 aromatic rings. The van der Waals surface area contributed by atoms with Gasteiger partial charge in [0.05, 0.1) is 15.6 Å². The van der Waals surface area contributed by atoms with E-state index in [1.807, 2.05) is 0 Å². The quantitative estimate of drug-likeness (QED) is 0.557. The minimum absolute atomic E-state index is 0.0115. The number of nitro groups is 1. The summed E-state index contributed by atoms with van der Waals surface area (Å²) in [5.74, 6) is -0.820. The number of carbonyl (C=O) groups is 1. The van der Waals surface area contributed by atoms with Gasteiger partial charge in [-0.05, 0) is 49.2 Å². The topological polar surface area (TPSA) is 97.6 Å². The zero-order valence-electron chi connectivity index (χ0n) is 14.3. The Kier molecular flexibility index (Phi) is 5.48. The summed E-state index contributed by atoms with van der Waals surface area (Å²) in [6.07, 6.45) is 1.83. The molecule has 0 spiro atoms. The second kappa shape index (κ2) is 7.66. The molecule has 0 aromatic heterocycles. The van der Waals surface area contributed by atoms with Crippen LogP contribution in [0, 0.1) is 10.1 Å². The van der Waals surface area contributed by atoms with Crippen molar-refractivity contribution in [2.75, 3.05) is 13.1 Å². The van der Waals surface area contributed by atoms with E-state index in [-0.39, 0.29) is 27.6 Å². The average Bonchev–Trinajstić information content (AvgIpc) is 3.15. The Morgan fingerprint density at radius 3 is 2.33 bits per heavy atom. The van der Waals surface area contributed by atoms with Gasteiger partial charge in [-0.2, -0.15) is 0 Å². The number of nitrogens with zero attached hydrogens (tertiary/aromatic N) is 2. The van der Waals surface area contributed by atoms with Gasteiger partial charge in [-0.15, -0.1) is 0 Å². The highest BCUT2D eigenvalue weighted by Gasteiger charge is 2.26. The highest BCUT2D eigenvalue weighted by atomic mass is 35.5. The fourth-order valence-corrected chi connectivity index (χ4v) is 4.53. The minimum Gasteiger partial charge on any atom is -0.339 e. The Morgan fingerprint density at radius 2 is 1.74 bits per heavy atom. The SMILES string of the molecule is O=C(c1ccc([N+](=O)[O-])c(CS(=O)(=O)c2ccc(Cl)cc2)c1)N1CCCC1. The zero-order chi connectivity index (χ0) is 19.6. The van der Waals surface area contributed by atoms with Gasteiger partial charge in [-0.1, -0.05) is 11.6 Å². The fourth-order valence-electron chi connectivity index (χ4n) is 3.05. The van der Waals surface area contributed by atoms with Crippen LogP contribution in [0.1, 0.15) is 28.8 Å². The fraction of sp³-hybridized carbons (Fsp3) is 0.278. The first-order chi connectivity index (χ1) is 12.8. The maximum absolute atomic E-state index is 12.7. The van der Waals surface area contributed by atoms with Crippen LogP contribution in [0.5, 0.6) is 0 Å². The van der Waals surface area contributed by atoms with E-state index in [1.54, 1.807) is 4.90 Å². The Hall–Kier alpha value is -2.45. The van der Waals surface area contributed by atoms with Crippen LogP contribution in [0.4, 0.5) is 5.69 Å². The number of nitro benzene ring substituents is 1.